The summed E-state index contributed by atoms with van der Waals surface area (Å²) in [6, 6.07) is 9.42. The molecular formula is C12H11NOS2. The molecule has 0 aliphatic carbocycles. The van der Waals surface area contributed by atoms with E-state index in [4.69, 9.17) is 5.26 Å². The second-order valence-electron chi connectivity index (χ2n) is 3.45. The van der Waals surface area contributed by atoms with Crippen LogP contribution in [0, 0.1) is 11.3 Å². The molecule has 1 saturated heterocycles. The summed E-state index contributed by atoms with van der Waals surface area (Å²) >= 11 is 1.67. The lowest BCUT2D eigenvalue weighted by Crippen LogP contribution is -2.06. The van der Waals surface area contributed by atoms with Gasteiger partial charge in [-0.05, 0) is 35.9 Å². The molecule has 2 rings (SSSR count). The highest BCUT2D eigenvalue weighted by molar-refractivity contribution is 8.17. The van der Waals surface area contributed by atoms with Crippen LogP contribution in [0.3, 0.4) is 0 Å². The van der Waals surface area contributed by atoms with Gasteiger partial charge in [-0.25, -0.2) is 0 Å². The molecule has 1 atom stereocenters. The van der Waals surface area contributed by atoms with Crippen molar-refractivity contribution in [3.05, 3.63) is 39.6 Å². The number of thioether (sulfide) groups is 1. The van der Waals surface area contributed by atoms with Crippen LogP contribution in [-0.4, -0.2) is 15.7 Å². The second-order valence-corrected chi connectivity index (χ2v) is 6.38. The van der Waals surface area contributed by atoms with E-state index in [0.29, 0.717) is 5.56 Å². The summed E-state index contributed by atoms with van der Waals surface area (Å²) < 4.78 is 12.6. The van der Waals surface area contributed by atoms with E-state index in [2.05, 4.69) is 6.07 Å². The van der Waals surface area contributed by atoms with Crippen LogP contribution in [0.4, 0.5) is 0 Å². The van der Waals surface area contributed by atoms with Crippen LogP contribution in [0.2, 0.25) is 0 Å². The zero-order chi connectivity index (χ0) is 11.4. The van der Waals surface area contributed by atoms with Crippen molar-refractivity contribution in [1.82, 2.24) is 0 Å². The third-order valence-corrected chi connectivity index (χ3v) is 5.30. The summed E-state index contributed by atoms with van der Waals surface area (Å²) in [7, 11) is -0.827. The lowest BCUT2D eigenvalue weighted by atomic mass is 10.1. The fourth-order valence-corrected chi connectivity index (χ4v) is 4.22. The highest BCUT2D eigenvalue weighted by Gasteiger charge is 2.13. The number of nitriles is 1. The molecule has 1 aliphatic rings. The Kier molecular flexibility index (Phi) is 3.81. The third-order valence-electron chi connectivity index (χ3n) is 2.27. The van der Waals surface area contributed by atoms with E-state index in [1.807, 2.05) is 18.2 Å². The number of benzene rings is 1. The molecule has 0 radical (unpaired) electrons. The molecule has 4 heteroatoms. The molecule has 0 bridgehead atoms. The Labute approximate surface area is 102 Å². The predicted octanol–water partition coefficient (Wildman–Crippen LogP) is 2.74. The van der Waals surface area contributed by atoms with Crippen LogP contribution in [0.1, 0.15) is 17.5 Å². The van der Waals surface area contributed by atoms with E-state index in [1.54, 1.807) is 23.9 Å². The lowest BCUT2D eigenvalue weighted by molar-refractivity contribution is 0.686. The maximum absolute atomic E-state index is 11.7. The third kappa shape index (κ3) is 2.75. The molecule has 1 unspecified atom stereocenters. The average molecular weight is 249 g/mol. The SMILES string of the molecule is N#Cc1ccc(/C=C2\SCCCS2=O)cc1. The van der Waals surface area contributed by atoms with Crippen LogP contribution in [-0.2, 0) is 10.8 Å². The molecule has 1 aromatic carbocycles. The van der Waals surface area contributed by atoms with Gasteiger partial charge in [-0.3, -0.25) is 4.21 Å². The molecule has 0 N–H and O–H groups in total. The van der Waals surface area contributed by atoms with E-state index >= 15 is 0 Å². The molecule has 1 aliphatic heterocycles. The molecule has 1 aromatic rings. The Morgan fingerprint density at radius 1 is 1.38 bits per heavy atom. The monoisotopic (exact) mass is 249 g/mol. The first kappa shape index (κ1) is 11.4. The van der Waals surface area contributed by atoms with Crippen LogP contribution in [0.15, 0.2) is 28.5 Å². The van der Waals surface area contributed by atoms with Gasteiger partial charge in [0.15, 0.2) is 0 Å². The van der Waals surface area contributed by atoms with Crippen LogP contribution < -0.4 is 0 Å². The fraction of sp³-hybridized carbons (Fsp3) is 0.250. The van der Waals surface area contributed by atoms with Crippen molar-refractivity contribution in [3.63, 3.8) is 0 Å². The zero-order valence-electron chi connectivity index (χ0n) is 8.68. The van der Waals surface area contributed by atoms with Gasteiger partial charge in [0.05, 0.1) is 26.7 Å². The first-order chi connectivity index (χ1) is 7.79. The van der Waals surface area contributed by atoms with E-state index in [9.17, 15) is 4.21 Å². The quantitative estimate of drug-likeness (QED) is 0.768. The molecule has 0 aromatic heterocycles. The first-order valence-corrected chi connectivity index (χ1v) is 7.33. The van der Waals surface area contributed by atoms with Crippen molar-refractivity contribution in [1.29, 1.82) is 5.26 Å². The molecule has 1 heterocycles. The summed E-state index contributed by atoms with van der Waals surface area (Å²) in [6.45, 7) is 0. The van der Waals surface area contributed by atoms with Crippen molar-refractivity contribution >= 4 is 28.6 Å². The zero-order valence-corrected chi connectivity index (χ0v) is 10.3. The van der Waals surface area contributed by atoms with Crippen molar-refractivity contribution in [3.8, 4) is 6.07 Å². The van der Waals surface area contributed by atoms with Gasteiger partial charge in [-0.1, -0.05) is 12.1 Å². The Morgan fingerprint density at radius 3 is 2.75 bits per heavy atom. The fourth-order valence-electron chi connectivity index (χ4n) is 1.43. The minimum atomic E-state index is -0.827. The second kappa shape index (κ2) is 5.33. The molecular weight excluding hydrogens is 238 g/mol. The molecule has 1 fully saturated rings. The van der Waals surface area contributed by atoms with Crippen molar-refractivity contribution in [2.45, 2.75) is 6.42 Å². The van der Waals surface area contributed by atoms with Gasteiger partial charge in [0.1, 0.15) is 0 Å². The van der Waals surface area contributed by atoms with Crippen LogP contribution in [0.25, 0.3) is 6.08 Å². The van der Waals surface area contributed by atoms with Gasteiger partial charge in [0, 0.05) is 5.75 Å². The number of hydrogen-bond acceptors (Lipinski definition) is 3. The Morgan fingerprint density at radius 2 is 2.12 bits per heavy atom. The number of nitrogens with zero attached hydrogens (tertiary/aromatic N) is 1. The van der Waals surface area contributed by atoms with Crippen LogP contribution in [0.5, 0.6) is 0 Å². The first-order valence-electron chi connectivity index (χ1n) is 5.02. The summed E-state index contributed by atoms with van der Waals surface area (Å²) in [4.78, 5) is 0. The van der Waals surface area contributed by atoms with E-state index in [-0.39, 0.29) is 0 Å². The van der Waals surface area contributed by atoms with Crippen molar-refractivity contribution in [2.75, 3.05) is 11.5 Å². The smallest absolute Gasteiger partial charge is 0.0991 e. The molecule has 0 amide bonds. The Hall–Kier alpha value is -1.05. The summed E-state index contributed by atoms with van der Waals surface area (Å²) in [5.41, 5.74) is 1.66. The predicted molar refractivity (Wildman–Crippen MR) is 69.2 cm³/mol. The van der Waals surface area contributed by atoms with Gasteiger partial charge >= 0.3 is 0 Å². The summed E-state index contributed by atoms with van der Waals surface area (Å²) in [5.74, 6) is 1.82. The maximum Gasteiger partial charge on any atom is 0.0991 e. The van der Waals surface area contributed by atoms with Crippen molar-refractivity contribution in [2.24, 2.45) is 0 Å². The molecule has 2 nitrogen and oxygen atoms in total. The molecule has 0 spiro atoms. The topological polar surface area (TPSA) is 40.9 Å². The van der Waals surface area contributed by atoms with Gasteiger partial charge in [-0.2, -0.15) is 5.26 Å². The Balaban J connectivity index is 2.21. The van der Waals surface area contributed by atoms with E-state index in [1.165, 1.54) is 0 Å². The Bertz CT molecular complexity index is 471. The molecule has 0 saturated carbocycles. The number of rotatable bonds is 1. The maximum atomic E-state index is 11.7. The van der Waals surface area contributed by atoms with Crippen molar-refractivity contribution < 1.29 is 4.21 Å². The van der Waals surface area contributed by atoms with Gasteiger partial charge in [-0.15, -0.1) is 11.8 Å². The standard InChI is InChI=1S/C12H11NOS2/c13-9-11-4-2-10(3-5-11)8-12-15-6-1-7-16(12)14/h2-5,8H,1,6-7H2/b12-8+. The van der Waals surface area contributed by atoms with E-state index < -0.39 is 10.8 Å². The minimum Gasteiger partial charge on any atom is -0.254 e. The highest BCUT2D eigenvalue weighted by atomic mass is 32.2. The lowest BCUT2D eigenvalue weighted by Gasteiger charge is -2.12. The molecule has 82 valence electrons. The summed E-state index contributed by atoms with van der Waals surface area (Å²) in [6.07, 6.45) is 2.99. The number of hydrogen-bond donors (Lipinski definition) is 0. The normalized spacial score (nSPS) is 22.9. The van der Waals surface area contributed by atoms with Gasteiger partial charge in [0.2, 0.25) is 0 Å². The highest BCUT2D eigenvalue weighted by Crippen LogP contribution is 2.28. The summed E-state index contributed by atoms with van der Waals surface area (Å²) in [5, 5.41) is 8.67. The van der Waals surface area contributed by atoms with E-state index in [0.717, 1.165) is 27.7 Å². The largest absolute Gasteiger partial charge is 0.254 e. The average Bonchev–Trinajstić information content (AvgIpc) is 2.33. The van der Waals surface area contributed by atoms with Gasteiger partial charge in [0.25, 0.3) is 0 Å². The minimum absolute atomic E-state index is 0.652. The van der Waals surface area contributed by atoms with Crippen LogP contribution >= 0.6 is 11.8 Å². The molecule has 16 heavy (non-hydrogen) atoms. The van der Waals surface area contributed by atoms with Gasteiger partial charge < -0.3 is 0 Å².